The van der Waals surface area contributed by atoms with Gasteiger partial charge in [-0.25, -0.2) is 14.6 Å². The van der Waals surface area contributed by atoms with E-state index in [2.05, 4.69) is 15.0 Å². The van der Waals surface area contributed by atoms with Crippen molar-refractivity contribution in [3.63, 3.8) is 0 Å². The van der Waals surface area contributed by atoms with Gasteiger partial charge in [-0.3, -0.25) is 0 Å². The molecule has 0 bridgehead atoms. The van der Waals surface area contributed by atoms with Crippen molar-refractivity contribution in [1.29, 1.82) is 0 Å². The van der Waals surface area contributed by atoms with Crippen LogP contribution in [0.4, 0.5) is 5.13 Å². The number of esters is 2. The van der Waals surface area contributed by atoms with Gasteiger partial charge < -0.3 is 14.8 Å². The monoisotopic (exact) mass is 306 g/mol. The van der Waals surface area contributed by atoms with Crippen molar-refractivity contribution >= 4 is 28.4 Å². The first kappa shape index (κ1) is 15.0. The summed E-state index contributed by atoms with van der Waals surface area (Å²) in [6.45, 7) is 0. The highest BCUT2D eigenvalue weighted by atomic mass is 32.1. The van der Waals surface area contributed by atoms with Crippen molar-refractivity contribution in [2.45, 2.75) is 6.04 Å². The van der Waals surface area contributed by atoms with E-state index in [1.807, 2.05) is 30.3 Å². The van der Waals surface area contributed by atoms with Crippen LogP contribution in [0.15, 0.2) is 35.7 Å². The number of hydrogen-bond acceptors (Lipinski definition) is 7. The van der Waals surface area contributed by atoms with Crippen LogP contribution in [-0.2, 0) is 14.3 Å². The summed E-state index contributed by atoms with van der Waals surface area (Å²) in [5, 5.41) is 4.97. The number of carbonyl (C=O) groups excluding carboxylic acids is 2. The van der Waals surface area contributed by atoms with Crippen LogP contribution in [0.25, 0.3) is 0 Å². The molecule has 21 heavy (non-hydrogen) atoms. The van der Waals surface area contributed by atoms with E-state index >= 15 is 0 Å². The Balaban J connectivity index is 2.22. The maximum atomic E-state index is 11.9. The normalized spacial score (nSPS) is 11.5. The molecule has 0 aliphatic rings. The SMILES string of the molecule is COC(=O)c1csc(NC(C(=O)OC)c2ccccc2)n1. The maximum absolute atomic E-state index is 11.9. The van der Waals surface area contributed by atoms with Gasteiger partial charge in [-0.1, -0.05) is 30.3 Å². The minimum absolute atomic E-state index is 0.196. The first-order valence-corrected chi connectivity index (χ1v) is 6.97. The summed E-state index contributed by atoms with van der Waals surface area (Å²) in [6, 6.07) is 8.44. The average molecular weight is 306 g/mol. The Morgan fingerprint density at radius 3 is 2.52 bits per heavy atom. The van der Waals surface area contributed by atoms with Crippen LogP contribution in [0.2, 0.25) is 0 Å². The quantitative estimate of drug-likeness (QED) is 0.854. The van der Waals surface area contributed by atoms with Gasteiger partial charge in [0.1, 0.15) is 0 Å². The number of methoxy groups -OCH3 is 2. The minimum Gasteiger partial charge on any atom is -0.467 e. The van der Waals surface area contributed by atoms with Gasteiger partial charge in [-0.15, -0.1) is 11.3 Å². The summed E-state index contributed by atoms with van der Waals surface area (Å²) >= 11 is 1.21. The zero-order valence-electron chi connectivity index (χ0n) is 11.5. The van der Waals surface area contributed by atoms with Crippen LogP contribution in [0.3, 0.4) is 0 Å². The third-order valence-corrected chi connectivity index (χ3v) is 3.51. The Morgan fingerprint density at radius 2 is 1.90 bits per heavy atom. The Bertz CT molecular complexity index is 627. The molecule has 0 radical (unpaired) electrons. The van der Waals surface area contributed by atoms with E-state index in [9.17, 15) is 9.59 Å². The molecule has 0 aliphatic carbocycles. The molecule has 1 atom stereocenters. The maximum Gasteiger partial charge on any atom is 0.357 e. The molecule has 1 aromatic carbocycles. The zero-order chi connectivity index (χ0) is 15.2. The van der Waals surface area contributed by atoms with E-state index in [1.54, 1.807) is 5.38 Å². The molecule has 0 aliphatic heterocycles. The van der Waals surface area contributed by atoms with E-state index in [0.29, 0.717) is 5.13 Å². The molecule has 110 valence electrons. The van der Waals surface area contributed by atoms with Crippen molar-refractivity contribution in [2.24, 2.45) is 0 Å². The summed E-state index contributed by atoms with van der Waals surface area (Å²) in [6.07, 6.45) is 0. The smallest absolute Gasteiger partial charge is 0.357 e. The van der Waals surface area contributed by atoms with Crippen molar-refractivity contribution in [3.8, 4) is 0 Å². The molecule has 1 unspecified atom stereocenters. The summed E-state index contributed by atoms with van der Waals surface area (Å²) < 4.78 is 9.39. The molecule has 0 saturated heterocycles. The summed E-state index contributed by atoms with van der Waals surface area (Å²) in [5.41, 5.74) is 0.945. The Morgan fingerprint density at radius 1 is 1.19 bits per heavy atom. The number of hydrogen-bond donors (Lipinski definition) is 1. The molecule has 1 N–H and O–H groups in total. The minimum atomic E-state index is -0.687. The molecule has 2 aromatic rings. The zero-order valence-corrected chi connectivity index (χ0v) is 12.3. The van der Waals surface area contributed by atoms with E-state index in [-0.39, 0.29) is 5.69 Å². The second kappa shape index (κ2) is 6.85. The van der Waals surface area contributed by atoms with E-state index in [0.717, 1.165) is 5.56 Å². The summed E-state index contributed by atoms with van der Waals surface area (Å²) in [5.74, 6) is -0.954. The molecule has 0 amide bonds. The molecule has 0 saturated carbocycles. The second-order valence-electron chi connectivity index (χ2n) is 4.04. The van der Waals surface area contributed by atoms with E-state index in [1.165, 1.54) is 25.6 Å². The first-order valence-electron chi connectivity index (χ1n) is 6.09. The van der Waals surface area contributed by atoms with Crippen LogP contribution in [0, 0.1) is 0 Å². The van der Waals surface area contributed by atoms with Gasteiger partial charge in [0.2, 0.25) is 0 Å². The molecule has 0 spiro atoms. The van der Waals surface area contributed by atoms with Crippen molar-refractivity contribution in [2.75, 3.05) is 19.5 Å². The molecule has 7 heteroatoms. The lowest BCUT2D eigenvalue weighted by molar-refractivity contribution is -0.141. The number of nitrogens with one attached hydrogen (secondary N) is 1. The van der Waals surface area contributed by atoms with E-state index in [4.69, 9.17) is 4.74 Å². The fourth-order valence-corrected chi connectivity index (χ4v) is 2.41. The molecule has 1 heterocycles. The Kier molecular flexibility index (Phi) is 4.89. The van der Waals surface area contributed by atoms with Crippen LogP contribution in [0.1, 0.15) is 22.1 Å². The predicted molar refractivity (Wildman–Crippen MR) is 78.3 cm³/mol. The van der Waals surface area contributed by atoms with Gasteiger partial charge in [-0.2, -0.15) is 0 Å². The summed E-state index contributed by atoms with van der Waals surface area (Å²) in [7, 11) is 2.61. The molecular formula is C14H14N2O4S. The lowest BCUT2D eigenvalue weighted by Gasteiger charge is -2.15. The number of benzene rings is 1. The first-order chi connectivity index (χ1) is 10.2. The molecule has 2 rings (SSSR count). The number of rotatable bonds is 5. The molecule has 6 nitrogen and oxygen atoms in total. The van der Waals surface area contributed by atoms with Crippen LogP contribution < -0.4 is 5.32 Å². The lowest BCUT2D eigenvalue weighted by atomic mass is 10.1. The number of nitrogens with zero attached hydrogens (tertiary/aromatic N) is 1. The highest BCUT2D eigenvalue weighted by Gasteiger charge is 2.23. The standard InChI is InChI=1S/C14H14N2O4S/c1-19-12(17)10-8-21-14(15-10)16-11(13(18)20-2)9-6-4-3-5-7-9/h3-8,11H,1-2H3,(H,15,16). The topological polar surface area (TPSA) is 77.5 Å². The van der Waals surface area contributed by atoms with Gasteiger partial charge in [0.25, 0.3) is 0 Å². The van der Waals surface area contributed by atoms with Gasteiger partial charge in [0.05, 0.1) is 14.2 Å². The second-order valence-corrected chi connectivity index (χ2v) is 4.90. The van der Waals surface area contributed by atoms with Crippen molar-refractivity contribution in [1.82, 2.24) is 4.98 Å². The van der Waals surface area contributed by atoms with Crippen LogP contribution in [-0.4, -0.2) is 31.1 Å². The largest absolute Gasteiger partial charge is 0.467 e. The third kappa shape index (κ3) is 3.57. The van der Waals surface area contributed by atoms with Gasteiger partial charge in [-0.05, 0) is 5.56 Å². The highest BCUT2D eigenvalue weighted by molar-refractivity contribution is 7.13. The number of thiazole rings is 1. The Hall–Kier alpha value is -2.41. The lowest BCUT2D eigenvalue weighted by Crippen LogP contribution is -2.22. The number of aromatic nitrogens is 1. The average Bonchev–Trinajstić information content (AvgIpc) is 3.00. The predicted octanol–water partition coefficient (Wildman–Crippen LogP) is 2.26. The van der Waals surface area contributed by atoms with Crippen LogP contribution >= 0.6 is 11.3 Å². The molecule has 1 aromatic heterocycles. The molecule has 0 fully saturated rings. The van der Waals surface area contributed by atoms with Gasteiger partial charge in [0.15, 0.2) is 16.9 Å². The highest BCUT2D eigenvalue weighted by Crippen LogP contribution is 2.24. The van der Waals surface area contributed by atoms with E-state index < -0.39 is 18.0 Å². The fourth-order valence-electron chi connectivity index (χ4n) is 1.70. The van der Waals surface area contributed by atoms with Crippen molar-refractivity contribution < 1.29 is 19.1 Å². The Labute approximate surface area is 125 Å². The number of carbonyl (C=O) groups is 2. The van der Waals surface area contributed by atoms with Gasteiger partial charge >= 0.3 is 11.9 Å². The summed E-state index contributed by atoms with van der Waals surface area (Å²) in [4.78, 5) is 27.4. The van der Waals surface area contributed by atoms with Gasteiger partial charge in [0, 0.05) is 5.38 Å². The third-order valence-electron chi connectivity index (χ3n) is 2.74. The van der Waals surface area contributed by atoms with Crippen molar-refractivity contribution in [3.05, 3.63) is 47.0 Å². The van der Waals surface area contributed by atoms with Crippen LogP contribution in [0.5, 0.6) is 0 Å². The number of anilines is 1. The number of ether oxygens (including phenoxy) is 2. The fraction of sp³-hybridized carbons (Fsp3) is 0.214. The molecular weight excluding hydrogens is 292 g/mol.